The number of aromatic nitrogens is 2. The molecule has 1 N–H and O–H groups in total. The van der Waals surface area contributed by atoms with Crippen LogP contribution in [0.3, 0.4) is 0 Å². The summed E-state index contributed by atoms with van der Waals surface area (Å²) in [7, 11) is 1.68. The Kier molecular flexibility index (Phi) is 3.89. The van der Waals surface area contributed by atoms with Crippen molar-refractivity contribution in [1.82, 2.24) is 14.5 Å². The minimum atomic E-state index is -0.101. The van der Waals surface area contributed by atoms with Crippen molar-refractivity contribution in [3.63, 3.8) is 0 Å². The highest BCUT2D eigenvalue weighted by molar-refractivity contribution is 5.94. The van der Waals surface area contributed by atoms with E-state index in [0.29, 0.717) is 12.1 Å². The van der Waals surface area contributed by atoms with Crippen molar-refractivity contribution in [2.75, 3.05) is 20.2 Å². The first-order valence-electron chi connectivity index (χ1n) is 7.09. The van der Waals surface area contributed by atoms with Crippen LogP contribution >= 0.6 is 0 Å². The highest BCUT2D eigenvalue weighted by atomic mass is 16.3. The first kappa shape index (κ1) is 14.3. The second-order valence-corrected chi connectivity index (χ2v) is 5.10. The Bertz CT molecular complexity index is 793. The van der Waals surface area contributed by atoms with Gasteiger partial charge in [-0.2, -0.15) is 0 Å². The van der Waals surface area contributed by atoms with E-state index in [-0.39, 0.29) is 12.5 Å². The van der Waals surface area contributed by atoms with Crippen LogP contribution in [-0.2, 0) is 0 Å². The quantitative estimate of drug-likeness (QED) is 0.802. The predicted octanol–water partition coefficient (Wildman–Crippen LogP) is 2.09. The average molecular weight is 295 g/mol. The first-order chi connectivity index (χ1) is 10.7. The zero-order valence-corrected chi connectivity index (χ0v) is 12.3. The van der Waals surface area contributed by atoms with E-state index in [4.69, 9.17) is 5.11 Å². The number of imidazole rings is 1. The van der Waals surface area contributed by atoms with E-state index in [0.717, 1.165) is 16.7 Å². The zero-order chi connectivity index (χ0) is 15.5. The molecule has 1 aromatic heterocycles. The minimum absolute atomic E-state index is 0.0403. The molecule has 0 aliphatic rings. The molecule has 3 rings (SSSR count). The van der Waals surface area contributed by atoms with Crippen LogP contribution in [0.5, 0.6) is 0 Å². The minimum Gasteiger partial charge on any atom is -0.395 e. The van der Waals surface area contributed by atoms with Crippen molar-refractivity contribution in [2.45, 2.75) is 0 Å². The summed E-state index contributed by atoms with van der Waals surface area (Å²) in [4.78, 5) is 18.0. The van der Waals surface area contributed by atoms with Crippen LogP contribution in [0.4, 0.5) is 0 Å². The lowest BCUT2D eigenvalue weighted by atomic mass is 10.2. The van der Waals surface area contributed by atoms with Crippen LogP contribution < -0.4 is 0 Å². The van der Waals surface area contributed by atoms with Crippen LogP contribution in [0, 0.1) is 0 Å². The number of rotatable bonds is 4. The third-order valence-corrected chi connectivity index (χ3v) is 3.63. The number of aliphatic hydroxyl groups is 1. The van der Waals surface area contributed by atoms with Gasteiger partial charge in [0.25, 0.3) is 5.91 Å². The van der Waals surface area contributed by atoms with Gasteiger partial charge in [0, 0.05) is 24.8 Å². The Morgan fingerprint density at radius 2 is 1.91 bits per heavy atom. The van der Waals surface area contributed by atoms with Crippen molar-refractivity contribution < 1.29 is 9.90 Å². The van der Waals surface area contributed by atoms with Gasteiger partial charge in [-0.3, -0.25) is 9.36 Å². The molecule has 22 heavy (non-hydrogen) atoms. The molecule has 0 spiro atoms. The lowest BCUT2D eigenvalue weighted by molar-refractivity contribution is 0.0767. The fourth-order valence-corrected chi connectivity index (χ4v) is 2.40. The van der Waals surface area contributed by atoms with Crippen molar-refractivity contribution in [3.05, 3.63) is 60.4 Å². The Balaban J connectivity index is 1.90. The normalized spacial score (nSPS) is 10.8. The van der Waals surface area contributed by atoms with Gasteiger partial charge in [0.15, 0.2) is 0 Å². The topological polar surface area (TPSA) is 58.4 Å². The van der Waals surface area contributed by atoms with Gasteiger partial charge in [0.1, 0.15) is 6.33 Å². The number of hydrogen-bond acceptors (Lipinski definition) is 3. The number of carbonyl (C=O) groups is 1. The van der Waals surface area contributed by atoms with Crippen molar-refractivity contribution in [3.8, 4) is 5.69 Å². The zero-order valence-electron chi connectivity index (χ0n) is 12.3. The monoisotopic (exact) mass is 295 g/mol. The molecule has 0 bridgehead atoms. The third-order valence-electron chi connectivity index (χ3n) is 3.63. The van der Waals surface area contributed by atoms with Crippen LogP contribution in [0.15, 0.2) is 54.9 Å². The van der Waals surface area contributed by atoms with Gasteiger partial charge >= 0.3 is 0 Å². The van der Waals surface area contributed by atoms with Crippen LogP contribution in [0.1, 0.15) is 10.4 Å². The number of fused-ring (bicyclic) bond motifs is 1. The van der Waals surface area contributed by atoms with Crippen LogP contribution in [-0.4, -0.2) is 45.7 Å². The summed E-state index contributed by atoms with van der Waals surface area (Å²) in [5.41, 5.74) is 3.52. The molecule has 112 valence electrons. The molecule has 0 radical (unpaired) electrons. The standard InChI is InChI=1S/C17H17N3O2/c1-19(10-11-21)17(22)13-6-8-14(9-7-13)20-12-18-15-4-2-3-5-16(15)20/h2-9,12,21H,10-11H2,1H3. The fourth-order valence-electron chi connectivity index (χ4n) is 2.40. The largest absolute Gasteiger partial charge is 0.395 e. The summed E-state index contributed by atoms with van der Waals surface area (Å²) in [6, 6.07) is 15.3. The average Bonchev–Trinajstić information content (AvgIpc) is 2.98. The van der Waals surface area contributed by atoms with E-state index >= 15 is 0 Å². The van der Waals surface area contributed by atoms with E-state index in [2.05, 4.69) is 4.98 Å². The number of likely N-dealkylation sites (N-methyl/N-ethyl adjacent to an activating group) is 1. The maximum absolute atomic E-state index is 12.1. The molecule has 0 unspecified atom stereocenters. The number of benzene rings is 2. The number of nitrogens with zero attached hydrogens (tertiary/aromatic N) is 3. The Hall–Kier alpha value is -2.66. The fraction of sp³-hybridized carbons (Fsp3) is 0.176. The Morgan fingerprint density at radius 1 is 1.18 bits per heavy atom. The SMILES string of the molecule is CN(CCO)C(=O)c1ccc(-n2cnc3ccccc32)cc1. The van der Waals surface area contributed by atoms with E-state index in [1.54, 1.807) is 25.5 Å². The van der Waals surface area contributed by atoms with Gasteiger partial charge in [-0.05, 0) is 36.4 Å². The van der Waals surface area contributed by atoms with Crippen LogP contribution in [0.2, 0.25) is 0 Å². The molecule has 0 aliphatic heterocycles. The van der Waals surface area contributed by atoms with Gasteiger partial charge in [-0.1, -0.05) is 12.1 Å². The van der Waals surface area contributed by atoms with Crippen molar-refractivity contribution >= 4 is 16.9 Å². The number of para-hydroxylation sites is 2. The number of amides is 1. The molecular formula is C17H17N3O2. The summed E-state index contributed by atoms with van der Waals surface area (Å²) in [6.07, 6.45) is 1.78. The summed E-state index contributed by atoms with van der Waals surface area (Å²) in [5, 5.41) is 8.90. The molecule has 0 saturated heterocycles. The smallest absolute Gasteiger partial charge is 0.253 e. The summed E-state index contributed by atoms with van der Waals surface area (Å²) in [6.45, 7) is 0.286. The van der Waals surface area contributed by atoms with Crippen molar-refractivity contribution in [1.29, 1.82) is 0 Å². The van der Waals surface area contributed by atoms with Gasteiger partial charge in [0.2, 0.25) is 0 Å². The maximum atomic E-state index is 12.1. The number of carbonyl (C=O) groups excluding carboxylic acids is 1. The summed E-state index contributed by atoms with van der Waals surface area (Å²) in [5.74, 6) is -0.101. The molecule has 2 aromatic carbocycles. The summed E-state index contributed by atoms with van der Waals surface area (Å²) < 4.78 is 1.99. The van der Waals surface area contributed by atoms with E-state index in [9.17, 15) is 4.79 Å². The third kappa shape index (κ3) is 2.58. The van der Waals surface area contributed by atoms with Gasteiger partial charge < -0.3 is 10.0 Å². The maximum Gasteiger partial charge on any atom is 0.253 e. The van der Waals surface area contributed by atoms with Crippen molar-refractivity contribution in [2.24, 2.45) is 0 Å². The van der Waals surface area contributed by atoms with Gasteiger partial charge in [-0.25, -0.2) is 4.98 Å². The molecular weight excluding hydrogens is 278 g/mol. The number of hydrogen-bond donors (Lipinski definition) is 1. The molecule has 0 saturated carbocycles. The lowest BCUT2D eigenvalue weighted by Crippen LogP contribution is -2.29. The molecule has 5 nitrogen and oxygen atoms in total. The van der Waals surface area contributed by atoms with E-state index in [1.807, 2.05) is 41.0 Å². The van der Waals surface area contributed by atoms with Gasteiger partial charge in [0.05, 0.1) is 17.6 Å². The van der Waals surface area contributed by atoms with E-state index < -0.39 is 0 Å². The Morgan fingerprint density at radius 3 is 2.64 bits per heavy atom. The molecule has 0 aliphatic carbocycles. The molecule has 1 amide bonds. The molecule has 0 fully saturated rings. The second-order valence-electron chi connectivity index (χ2n) is 5.10. The highest BCUT2D eigenvalue weighted by Crippen LogP contribution is 2.18. The second kappa shape index (κ2) is 5.99. The number of aliphatic hydroxyl groups excluding tert-OH is 1. The van der Waals surface area contributed by atoms with Gasteiger partial charge in [-0.15, -0.1) is 0 Å². The molecule has 0 atom stereocenters. The predicted molar refractivity (Wildman–Crippen MR) is 85.1 cm³/mol. The lowest BCUT2D eigenvalue weighted by Gasteiger charge is -2.15. The van der Waals surface area contributed by atoms with E-state index in [1.165, 1.54) is 4.90 Å². The highest BCUT2D eigenvalue weighted by Gasteiger charge is 2.11. The summed E-state index contributed by atoms with van der Waals surface area (Å²) >= 11 is 0. The molecule has 1 heterocycles. The molecule has 3 aromatic rings. The Labute approximate surface area is 128 Å². The first-order valence-corrected chi connectivity index (χ1v) is 7.09. The molecule has 5 heteroatoms. The van der Waals surface area contributed by atoms with Crippen LogP contribution in [0.25, 0.3) is 16.7 Å².